The molecule has 0 bridgehead atoms. The summed E-state index contributed by atoms with van der Waals surface area (Å²) in [6.45, 7) is 7.75. The highest BCUT2D eigenvalue weighted by Crippen LogP contribution is 2.21. The van der Waals surface area contributed by atoms with Gasteiger partial charge in [-0.05, 0) is 84.8 Å². The van der Waals surface area contributed by atoms with Gasteiger partial charge < -0.3 is 14.4 Å². The third kappa shape index (κ3) is 42.3. The fourth-order valence-electron chi connectivity index (χ4n) is 7.95. The molecule has 0 fully saturated rings. The van der Waals surface area contributed by atoms with E-state index >= 15 is 0 Å². The van der Waals surface area contributed by atoms with Gasteiger partial charge in [0.1, 0.15) is 12.2 Å². The second-order valence-electron chi connectivity index (χ2n) is 17.6. The number of carbonyl (C=O) groups is 2. The minimum Gasteiger partial charge on any atom is -0.462 e. The van der Waals surface area contributed by atoms with Crippen LogP contribution in [0.25, 0.3) is 0 Å². The number of hydrogen-bond donors (Lipinski definition) is 0. The van der Waals surface area contributed by atoms with Gasteiger partial charge in [0.15, 0.2) is 0 Å². The molecule has 0 saturated heterocycles. The van der Waals surface area contributed by atoms with Crippen LogP contribution in [0.2, 0.25) is 0 Å². The van der Waals surface area contributed by atoms with Crippen molar-refractivity contribution < 1.29 is 19.1 Å². The van der Waals surface area contributed by atoms with Gasteiger partial charge in [0.2, 0.25) is 0 Å². The highest BCUT2D eigenvalue weighted by molar-refractivity contribution is 5.69. The van der Waals surface area contributed by atoms with Gasteiger partial charge in [-0.15, -0.1) is 0 Å². The van der Waals surface area contributed by atoms with Crippen molar-refractivity contribution in [3.63, 3.8) is 0 Å². The molecule has 1 atom stereocenters. The Hall–Kier alpha value is -1.10. The number of ether oxygens (including phenoxy) is 2. The average molecular weight is 778 g/mol. The summed E-state index contributed by atoms with van der Waals surface area (Å²) in [6, 6.07) is 0. The topological polar surface area (TPSA) is 55.8 Å². The van der Waals surface area contributed by atoms with E-state index in [1.54, 1.807) is 0 Å². The average Bonchev–Trinajstić information content (AvgIpc) is 3.16. The number of esters is 2. The van der Waals surface area contributed by atoms with E-state index in [2.05, 4.69) is 39.8 Å². The molecule has 0 spiro atoms. The molecule has 0 aromatic carbocycles. The molecule has 0 heterocycles. The van der Waals surface area contributed by atoms with Gasteiger partial charge in [-0.1, -0.05) is 201 Å². The molecule has 0 aliphatic carbocycles. The van der Waals surface area contributed by atoms with Gasteiger partial charge in [0.25, 0.3) is 0 Å². The normalized spacial score (nSPS) is 12.2. The molecular formula is C50H99NO4. The lowest BCUT2D eigenvalue weighted by Gasteiger charge is -2.19. The largest absolute Gasteiger partial charge is 0.462 e. The zero-order valence-electron chi connectivity index (χ0n) is 38.2. The fourth-order valence-corrected chi connectivity index (χ4v) is 7.95. The van der Waals surface area contributed by atoms with Gasteiger partial charge in [-0.25, -0.2) is 0 Å². The molecule has 0 aromatic rings. The smallest absolute Gasteiger partial charge is 0.306 e. The van der Waals surface area contributed by atoms with Crippen LogP contribution in [0.15, 0.2) is 0 Å². The molecule has 0 aliphatic heterocycles. The van der Waals surface area contributed by atoms with Gasteiger partial charge >= 0.3 is 11.9 Å². The lowest BCUT2D eigenvalue weighted by Crippen LogP contribution is -2.20. The lowest BCUT2D eigenvalue weighted by molar-refractivity contribution is -0.151. The number of carbonyl (C=O) groups excluding carboxylic acids is 2. The van der Waals surface area contributed by atoms with Crippen LogP contribution in [-0.4, -0.2) is 49.7 Å². The zero-order chi connectivity index (χ0) is 40.3. The fraction of sp³-hybridized carbons (Fsp3) is 0.960. The summed E-state index contributed by atoms with van der Waals surface area (Å²) in [6.07, 6.45) is 48.9. The quantitative estimate of drug-likeness (QED) is 0.0455. The molecule has 0 saturated carbocycles. The molecule has 0 aromatic heterocycles. The van der Waals surface area contributed by atoms with Crippen molar-refractivity contribution in [1.82, 2.24) is 4.90 Å². The second kappa shape index (κ2) is 44.0. The van der Waals surface area contributed by atoms with E-state index in [1.165, 1.54) is 173 Å². The molecule has 0 N–H and O–H groups in total. The monoisotopic (exact) mass is 778 g/mol. The van der Waals surface area contributed by atoms with E-state index < -0.39 is 0 Å². The minimum atomic E-state index is -0.0202. The zero-order valence-corrected chi connectivity index (χ0v) is 38.2. The van der Waals surface area contributed by atoms with Crippen LogP contribution in [0.1, 0.15) is 278 Å². The molecule has 0 radical (unpaired) electrons. The van der Waals surface area contributed by atoms with Crippen molar-refractivity contribution in [2.45, 2.75) is 290 Å². The highest BCUT2D eigenvalue weighted by Gasteiger charge is 2.16. The third-order valence-electron chi connectivity index (χ3n) is 11.6. The highest BCUT2D eigenvalue weighted by atomic mass is 16.5. The Bertz CT molecular complexity index is 770. The Kier molecular flexibility index (Phi) is 43.1. The van der Waals surface area contributed by atoms with E-state index in [4.69, 9.17) is 9.47 Å². The Morgan fingerprint density at radius 1 is 0.345 bits per heavy atom. The molecule has 0 amide bonds. The van der Waals surface area contributed by atoms with E-state index in [0.717, 1.165) is 77.2 Å². The SMILES string of the molecule is CCCCCCCCCCCCCCCCCCC(CCCCCCCC(=O)OC(CCCCCCCC)CCCCCCCC)OC(=O)CCCN(C)C. The summed E-state index contributed by atoms with van der Waals surface area (Å²) in [5.41, 5.74) is 0. The molecule has 55 heavy (non-hydrogen) atoms. The van der Waals surface area contributed by atoms with Crippen LogP contribution >= 0.6 is 0 Å². The molecule has 1 unspecified atom stereocenters. The van der Waals surface area contributed by atoms with Crippen LogP contribution in [0, 0.1) is 0 Å². The summed E-state index contributed by atoms with van der Waals surface area (Å²) in [5, 5.41) is 0. The van der Waals surface area contributed by atoms with Crippen LogP contribution in [-0.2, 0) is 19.1 Å². The summed E-state index contributed by atoms with van der Waals surface area (Å²) in [5.74, 6) is -0.00448. The maximum absolute atomic E-state index is 12.8. The minimum absolute atomic E-state index is 0.0158. The summed E-state index contributed by atoms with van der Waals surface area (Å²) < 4.78 is 12.1. The van der Waals surface area contributed by atoms with Crippen molar-refractivity contribution in [2.24, 2.45) is 0 Å². The van der Waals surface area contributed by atoms with E-state index in [9.17, 15) is 9.59 Å². The van der Waals surface area contributed by atoms with Gasteiger partial charge in [0.05, 0.1) is 0 Å². The predicted octanol–water partition coefficient (Wildman–Crippen LogP) is 16.0. The molecule has 5 heteroatoms. The standard InChI is InChI=1S/C50H99NO4/c1-6-9-12-15-18-19-20-21-22-23-24-25-26-27-31-36-42-48(55-50(53)45-39-46-51(4)5)43-37-32-28-33-38-44-49(52)54-47(40-34-29-16-13-10-7-2)41-35-30-17-14-11-8-3/h47-48H,6-46H2,1-5H3. The van der Waals surface area contributed by atoms with Crippen molar-refractivity contribution in [3.05, 3.63) is 0 Å². The van der Waals surface area contributed by atoms with Gasteiger partial charge in [-0.3, -0.25) is 9.59 Å². The van der Waals surface area contributed by atoms with Crippen LogP contribution in [0.3, 0.4) is 0 Å². The first-order valence-electron chi connectivity index (χ1n) is 25.0. The Labute approximate surface area is 345 Å². The maximum atomic E-state index is 12.8. The third-order valence-corrected chi connectivity index (χ3v) is 11.6. The summed E-state index contributed by atoms with van der Waals surface area (Å²) >= 11 is 0. The molecular weight excluding hydrogens is 679 g/mol. The summed E-state index contributed by atoms with van der Waals surface area (Å²) in [4.78, 5) is 27.6. The van der Waals surface area contributed by atoms with E-state index in [-0.39, 0.29) is 24.1 Å². The van der Waals surface area contributed by atoms with Crippen molar-refractivity contribution >= 4 is 11.9 Å². The number of nitrogens with zero attached hydrogens (tertiary/aromatic N) is 1. The molecule has 0 aliphatic rings. The van der Waals surface area contributed by atoms with Crippen LogP contribution in [0.5, 0.6) is 0 Å². The van der Waals surface area contributed by atoms with Crippen LogP contribution < -0.4 is 0 Å². The molecule has 5 nitrogen and oxygen atoms in total. The predicted molar refractivity (Wildman–Crippen MR) is 240 cm³/mol. The number of unbranched alkanes of at least 4 members (excludes halogenated alkanes) is 29. The number of rotatable bonds is 45. The second-order valence-corrected chi connectivity index (χ2v) is 17.6. The molecule has 328 valence electrons. The molecule has 0 rings (SSSR count). The Morgan fingerprint density at radius 2 is 0.582 bits per heavy atom. The first kappa shape index (κ1) is 53.9. The Morgan fingerprint density at radius 3 is 0.855 bits per heavy atom. The van der Waals surface area contributed by atoms with Crippen LogP contribution in [0.4, 0.5) is 0 Å². The Balaban J connectivity index is 4.31. The van der Waals surface area contributed by atoms with E-state index in [1.807, 2.05) is 0 Å². The van der Waals surface area contributed by atoms with Gasteiger partial charge in [0, 0.05) is 12.8 Å². The maximum Gasteiger partial charge on any atom is 0.306 e. The number of hydrogen-bond acceptors (Lipinski definition) is 5. The lowest BCUT2D eigenvalue weighted by atomic mass is 10.0. The van der Waals surface area contributed by atoms with E-state index in [0.29, 0.717) is 12.8 Å². The first-order valence-corrected chi connectivity index (χ1v) is 25.0. The van der Waals surface area contributed by atoms with Crippen molar-refractivity contribution in [1.29, 1.82) is 0 Å². The van der Waals surface area contributed by atoms with Crippen molar-refractivity contribution in [3.8, 4) is 0 Å². The summed E-state index contributed by atoms with van der Waals surface area (Å²) in [7, 11) is 4.11. The first-order chi connectivity index (χ1) is 26.9. The van der Waals surface area contributed by atoms with Crippen molar-refractivity contribution in [2.75, 3.05) is 20.6 Å². The van der Waals surface area contributed by atoms with Gasteiger partial charge in [-0.2, -0.15) is 0 Å².